The first-order valence-electron chi connectivity index (χ1n) is 7.87. The van der Waals surface area contributed by atoms with Crippen LogP contribution in [-0.4, -0.2) is 21.0 Å². The van der Waals surface area contributed by atoms with E-state index in [4.69, 9.17) is 0 Å². The van der Waals surface area contributed by atoms with Crippen LogP contribution in [0.15, 0.2) is 60.9 Å². The van der Waals surface area contributed by atoms with Crippen molar-refractivity contribution < 1.29 is 9.90 Å². The summed E-state index contributed by atoms with van der Waals surface area (Å²) >= 11 is 0. The van der Waals surface area contributed by atoms with Crippen LogP contribution >= 0.6 is 0 Å². The molecule has 5 nitrogen and oxygen atoms in total. The van der Waals surface area contributed by atoms with Gasteiger partial charge in [-0.3, -0.25) is 4.98 Å². The molecule has 0 unspecified atom stereocenters. The summed E-state index contributed by atoms with van der Waals surface area (Å²) < 4.78 is 0. The van der Waals surface area contributed by atoms with E-state index >= 15 is 0 Å². The SMILES string of the molecule is Cc1cc2c(cc1C(=O)O)nc(Nc1ccccc1)c1ccncc12. The molecule has 2 aromatic carbocycles. The Morgan fingerprint density at radius 2 is 1.84 bits per heavy atom. The summed E-state index contributed by atoms with van der Waals surface area (Å²) in [5.41, 5.74) is 2.50. The topological polar surface area (TPSA) is 75.1 Å². The number of nitrogens with zero attached hydrogens (tertiary/aromatic N) is 2. The van der Waals surface area contributed by atoms with Crippen molar-refractivity contribution in [3.63, 3.8) is 0 Å². The third-order valence-corrected chi connectivity index (χ3v) is 4.21. The fraction of sp³-hybridized carbons (Fsp3) is 0.0500. The van der Waals surface area contributed by atoms with Crippen molar-refractivity contribution in [3.05, 3.63) is 72.1 Å². The van der Waals surface area contributed by atoms with Crippen molar-refractivity contribution in [1.82, 2.24) is 9.97 Å². The molecule has 0 saturated heterocycles. The quantitative estimate of drug-likeness (QED) is 0.540. The summed E-state index contributed by atoms with van der Waals surface area (Å²) in [5, 5.41) is 15.5. The molecule has 0 saturated carbocycles. The van der Waals surface area contributed by atoms with E-state index in [-0.39, 0.29) is 5.56 Å². The number of aromatic carboxylic acids is 1. The molecule has 5 heteroatoms. The highest BCUT2D eigenvalue weighted by atomic mass is 16.4. The molecular formula is C20H15N3O2. The summed E-state index contributed by atoms with van der Waals surface area (Å²) in [5.74, 6) is -0.277. The molecule has 4 aromatic rings. The number of pyridine rings is 2. The van der Waals surface area contributed by atoms with Crippen LogP contribution in [0.3, 0.4) is 0 Å². The number of nitrogens with one attached hydrogen (secondary N) is 1. The average molecular weight is 329 g/mol. The predicted molar refractivity (Wildman–Crippen MR) is 98.5 cm³/mol. The molecule has 122 valence electrons. The number of carboxylic acids is 1. The van der Waals surface area contributed by atoms with Crippen LogP contribution < -0.4 is 5.32 Å². The average Bonchev–Trinajstić information content (AvgIpc) is 2.62. The van der Waals surface area contributed by atoms with Gasteiger partial charge in [0.05, 0.1) is 11.1 Å². The molecule has 0 bridgehead atoms. The highest BCUT2D eigenvalue weighted by Gasteiger charge is 2.14. The van der Waals surface area contributed by atoms with Crippen molar-refractivity contribution >= 4 is 39.1 Å². The number of rotatable bonds is 3. The van der Waals surface area contributed by atoms with Crippen molar-refractivity contribution in [2.24, 2.45) is 0 Å². The zero-order valence-corrected chi connectivity index (χ0v) is 13.5. The maximum atomic E-state index is 11.4. The minimum atomic E-state index is -0.954. The van der Waals surface area contributed by atoms with Crippen LogP contribution in [-0.2, 0) is 0 Å². The van der Waals surface area contributed by atoms with Gasteiger partial charge in [0.1, 0.15) is 5.82 Å². The number of aromatic nitrogens is 2. The Balaban J connectivity index is 2.01. The Morgan fingerprint density at radius 3 is 2.60 bits per heavy atom. The van der Waals surface area contributed by atoms with Crippen LogP contribution in [0.2, 0.25) is 0 Å². The first-order valence-corrected chi connectivity index (χ1v) is 7.87. The highest BCUT2D eigenvalue weighted by molar-refractivity contribution is 6.11. The van der Waals surface area contributed by atoms with E-state index < -0.39 is 5.97 Å². The zero-order valence-electron chi connectivity index (χ0n) is 13.5. The Labute approximate surface area is 144 Å². The molecule has 0 fully saturated rings. The molecule has 0 spiro atoms. The number of carboxylic acid groups (broad SMARTS) is 1. The van der Waals surface area contributed by atoms with Crippen molar-refractivity contribution in [3.8, 4) is 0 Å². The Kier molecular flexibility index (Phi) is 3.54. The summed E-state index contributed by atoms with van der Waals surface area (Å²) in [6, 6.07) is 15.1. The van der Waals surface area contributed by atoms with Gasteiger partial charge in [0.15, 0.2) is 0 Å². The van der Waals surface area contributed by atoms with Gasteiger partial charge in [-0.2, -0.15) is 0 Å². The van der Waals surface area contributed by atoms with Crippen LogP contribution in [0.4, 0.5) is 11.5 Å². The van der Waals surface area contributed by atoms with E-state index in [0.717, 1.165) is 21.8 Å². The van der Waals surface area contributed by atoms with Crippen molar-refractivity contribution in [2.75, 3.05) is 5.32 Å². The molecule has 0 aliphatic carbocycles. The van der Waals surface area contributed by atoms with Crippen LogP contribution in [0, 0.1) is 6.92 Å². The number of aryl methyl sites for hydroxylation is 1. The largest absolute Gasteiger partial charge is 0.478 e. The fourth-order valence-corrected chi connectivity index (χ4v) is 2.98. The van der Waals surface area contributed by atoms with E-state index in [2.05, 4.69) is 15.3 Å². The first kappa shape index (κ1) is 15.1. The second kappa shape index (κ2) is 5.87. The third kappa shape index (κ3) is 2.65. The summed E-state index contributed by atoms with van der Waals surface area (Å²) in [6.45, 7) is 1.79. The Bertz CT molecular complexity index is 1110. The molecular weight excluding hydrogens is 314 g/mol. The third-order valence-electron chi connectivity index (χ3n) is 4.21. The second-order valence-corrected chi connectivity index (χ2v) is 5.86. The van der Waals surface area contributed by atoms with Gasteiger partial charge in [-0.1, -0.05) is 18.2 Å². The number of hydrogen-bond acceptors (Lipinski definition) is 4. The lowest BCUT2D eigenvalue weighted by Gasteiger charge is -2.12. The fourth-order valence-electron chi connectivity index (χ4n) is 2.98. The lowest BCUT2D eigenvalue weighted by atomic mass is 10.0. The van der Waals surface area contributed by atoms with E-state index in [1.54, 1.807) is 25.4 Å². The summed E-state index contributed by atoms with van der Waals surface area (Å²) in [6.07, 6.45) is 3.51. The van der Waals surface area contributed by atoms with Gasteiger partial charge in [-0.05, 0) is 42.8 Å². The van der Waals surface area contributed by atoms with Gasteiger partial charge in [0.25, 0.3) is 0 Å². The first-order chi connectivity index (χ1) is 12.1. The van der Waals surface area contributed by atoms with Gasteiger partial charge in [0.2, 0.25) is 0 Å². The number of carbonyl (C=O) groups is 1. The van der Waals surface area contributed by atoms with Gasteiger partial charge in [-0.15, -0.1) is 0 Å². The van der Waals surface area contributed by atoms with Gasteiger partial charge in [-0.25, -0.2) is 9.78 Å². The molecule has 4 rings (SSSR count). The minimum Gasteiger partial charge on any atom is -0.478 e. The maximum Gasteiger partial charge on any atom is 0.336 e. The number of benzene rings is 2. The van der Waals surface area contributed by atoms with Crippen LogP contribution in [0.5, 0.6) is 0 Å². The monoisotopic (exact) mass is 329 g/mol. The molecule has 2 heterocycles. The van der Waals surface area contributed by atoms with Crippen LogP contribution in [0.25, 0.3) is 21.7 Å². The number of anilines is 2. The normalized spacial score (nSPS) is 10.9. The second-order valence-electron chi connectivity index (χ2n) is 5.86. The van der Waals surface area contributed by atoms with E-state index in [1.165, 1.54) is 0 Å². The van der Waals surface area contributed by atoms with Gasteiger partial charge < -0.3 is 10.4 Å². The van der Waals surface area contributed by atoms with E-state index in [1.807, 2.05) is 42.5 Å². The number of hydrogen-bond donors (Lipinski definition) is 2. The maximum absolute atomic E-state index is 11.4. The standard InChI is InChI=1S/C20H15N3O2/c1-12-9-16-17-11-21-8-7-14(17)19(22-13-5-3-2-4-6-13)23-18(16)10-15(12)20(24)25/h2-11H,1H3,(H,22,23)(H,24,25). The molecule has 0 radical (unpaired) electrons. The molecule has 0 amide bonds. The molecule has 2 aromatic heterocycles. The zero-order chi connectivity index (χ0) is 17.4. The van der Waals surface area contributed by atoms with E-state index in [9.17, 15) is 9.90 Å². The van der Waals surface area contributed by atoms with Crippen molar-refractivity contribution in [1.29, 1.82) is 0 Å². The molecule has 2 N–H and O–H groups in total. The number of fused-ring (bicyclic) bond motifs is 3. The van der Waals surface area contributed by atoms with Crippen LogP contribution in [0.1, 0.15) is 15.9 Å². The summed E-state index contributed by atoms with van der Waals surface area (Å²) in [4.78, 5) is 20.4. The van der Waals surface area contributed by atoms with Crippen molar-refractivity contribution in [2.45, 2.75) is 6.92 Å². The lowest BCUT2D eigenvalue weighted by molar-refractivity contribution is 0.0696. The number of para-hydroxylation sites is 1. The predicted octanol–water partition coefficient (Wildman–Crippen LogP) is 4.53. The molecule has 0 atom stereocenters. The minimum absolute atomic E-state index is 0.258. The highest BCUT2D eigenvalue weighted by Crippen LogP contribution is 2.32. The lowest BCUT2D eigenvalue weighted by Crippen LogP contribution is -2.02. The van der Waals surface area contributed by atoms with Gasteiger partial charge >= 0.3 is 5.97 Å². The molecule has 25 heavy (non-hydrogen) atoms. The Hall–Kier alpha value is -3.47. The Morgan fingerprint density at radius 1 is 1.04 bits per heavy atom. The molecule has 0 aliphatic rings. The van der Waals surface area contributed by atoms with E-state index in [0.29, 0.717) is 16.9 Å². The molecule has 0 aliphatic heterocycles. The van der Waals surface area contributed by atoms with Gasteiger partial charge in [0, 0.05) is 34.2 Å². The smallest absolute Gasteiger partial charge is 0.336 e. The summed E-state index contributed by atoms with van der Waals surface area (Å²) in [7, 11) is 0.